The Labute approximate surface area is 122 Å². The average molecular weight is 327 g/mol. The Morgan fingerprint density at radius 1 is 1.42 bits per heavy atom. The van der Waals surface area contributed by atoms with Gasteiger partial charge in [-0.2, -0.15) is 0 Å². The molecule has 0 atom stereocenters. The van der Waals surface area contributed by atoms with Crippen LogP contribution in [0.25, 0.3) is 0 Å². The molecule has 4 nitrogen and oxygen atoms in total. The number of fused-ring (bicyclic) bond motifs is 1. The van der Waals surface area contributed by atoms with Crippen LogP contribution in [-0.2, 0) is 11.2 Å². The number of anilines is 1. The number of amides is 1. The van der Waals surface area contributed by atoms with Crippen molar-refractivity contribution in [3.05, 3.63) is 22.3 Å². The number of nitrogens with zero attached hydrogens (tertiary/aromatic N) is 2. The Balaban J connectivity index is 2.29. The molecule has 2 rings (SSSR count). The zero-order chi connectivity index (χ0) is 14.0. The van der Waals surface area contributed by atoms with Crippen molar-refractivity contribution in [1.82, 2.24) is 4.98 Å². The summed E-state index contributed by atoms with van der Waals surface area (Å²) in [5.74, 6) is 0.731. The first-order chi connectivity index (χ1) is 8.87. The van der Waals surface area contributed by atoms with E-state index in [1.54, 1.807) is 11.1 Å². The largest absolute Gasteiger partial charge is 0.443 e. The van der Waals surface area contributed by atoms with Gasteiger partial charge in [0, 0.05) is 17.2 Å². The maximum absolute atomic E-state index is 12.3. The summed E-state index contributed by atoms with van der Waals surface area (Å²) < 4.78 is 6.40. The molecule has 1 aromatic heterocycles. The number of hydrogen-bond donors (Lipinski definition) is 0. The molecular weight excluding hydrogens is 308 g/mol. The molecule has 0 saturated carbocycles. The van der Waals surface area contributed by atoms with Crippen molar-refractivity contribution in [1.29, 1.82) is 0 Å². The molecule has 0 saturated heterocycles. The van der Waals surface area contributed by atoms with E-state index >= 15 is 0 Å². The minimum Gasteiger partial charge on any atom is -0.443 e. The summed E-state index contributed by atoms with van der Waals surface area (Å²) in [5, 5.41) is 0. The normalized spacial score (nSPS) is 15.7. The summed E-state index contributed by atoms with van der Waals surface area (Å²) in [5.41, 5.74) is 0.608. The Morgan fingerprint density at radius 2 is 2.16 bits per heavy atom. The lowest BCUT2D eigenvalue weighted by atomic mass is 10.1. The van der Waals surface area contributed by atoms with Crippen LogP contribution in [0.1, 0.15) is 39.2 Å². The first kappa shape index (κ1) is 14.3. The number of carbonyl (C=O) groups is 1. The van der Waals surface area contributed by atoms with E-state index in [0.717, 1.165) is 35.1 Å². The topological polar surface area (TPSA) is 42.4 Å². The predicted octanol–water partition coefficient (Wildman–Crippen LogP) is 3.92. The molecule has 1 aliphatic heterocycles. The van der Waals surface area contributed by atoms with E-state index in [1.165, 1.54) is 0 Å². The van der Waals surface area contributed by atoms with Gasteiger partial charge in [-0.25, -0.2) is 9.78 Å². The fourth-order valence-corrected chi connectivity index (χ4v) is 2.47. The fraction of sp³-hybridized carbons (Fsp3) is 0.571. The predicted molar refractivity (Wildman–Crippen MR) is 78.5 cm³/mol. The highest BCUT2D eigenvalue weighted by Gasteiger charge is 2.27. The molecule has 19 heavy (non-hydrogen) atoms. The highest BCUT2D eigenvalue weighted by Crippen LogP contribution is 2.27. The van der Waals surface area contributed by atoms with Gasteiger partial charge in [-0.05, 0) is 67.6 Å². The summed E-state index contributed by atoms with van der Waals surface area (Å²) in [6.07, 6.45) is 4.38. The van der Waals surface area contributed by atoms with E-state index in [4.69, 9.17) is 4.74 Å². The zero-order valence-electron chi connectivity index (χ0n) is 11.6. The van der Waals surface area contributed by atoms with Gasteiger partial charge in [-0.1, -0.05) is 0 Å². The maximum Gasteiger partial charge on any atom is 0.416 e. The van der Waals surface area contributed by atoms with E-state index in [-0.39, 0.29) is 6.09 Å². The van der Waals surface area contributed by atoms with Gasteiger partial charge < -0.3 is 4.74 Å². The van der Waals surface area contributed by atoms with Crippen LogP contribution in [0.4, 0.5) is 10.6 Å². The van der Waals surface area contributed by atoms with Crippen LogP contribution in [0.2, 0.25) is 0 Å². The quantitative estimate of drug-likeness (QED) is 0.725. The van der Waals surface area contributed by atoms with E-state index < -0.39 is 5.60 Å². The first-order valence-corrected chi connectivity index (χ1v) is 7.31. The lowest BCUT2D eigenvalue weighted by Crippen LogP contribution is -2.37. The Bertz CT molecular complexity index is 483. The van der Waals surface area contributed by atoms with Crippen LogP contribution in [-0.4, -0.2) is 23.2 Å². The second kappa shape index (κ2) is 5.49. The fourth-order valence-electron chi connectivity index (χ4n) is 2.09. The lowest BCUT2D eigenvalue weighted by Gasteiger charge is -2.26. The summed E-state index contributed by atoms with van der Waals surface area (Å²) in [6.45, 7) is 6.28. The monoisotopic (exact) mass is 326 g/mol. The molecule has 0 aliphatic carbocycles. The molecule has 5 heteroatoms. The molecule has 1 amide bonds. The molecular formula is C14H19BrN2O2. The Morgan fingerprint density at radius 3 is 2.84 bits per heavy atom. The van der Waals surface area contributed by atoms with Crippen molar-refractivity contribution in [3.8, 4) is 0 Å². The Hall–Kier alpha value is -1.10. The van der Waals surface area contributed by atoms with Crippen molar-refractivity contribution in [2.45, 2.75) is 45.6 Å². The molecule has 1 aromatic rings. The molecule has 0 spiro atoms. The van der Waals surface area contributed by atoms with E-state index in [9.17, 15) is 4.79 Å². The van der Waals surface area contributed by atoms with Crippen LogP contribution in [0.3, 0.4) is 0 Å². The molecule has 0 bridgehead atoms. The first-order valence-electron chi connectivity index (χ1n) is 6.52. The summed E-state index contributed by atoms with van der Waals surface area (Å²) in [7, 11) is 0. The highest BCUT2D eigenvalue weighted by atomic mass is 79.9. The SMILES string of the molecule is CC(C)(C)OC(=O)N1CCCCc2cc(Br)cnc21. The molecule has 2 heterocycles. The summed E-state index contributed by atoms with van der Waals surface area (Å²) in [4.78, 5) is 18.3. The summed E-state index contributed by atoms with van der Waals surface area (Å²) >= 11 is 3.42. The van der Waals surface area contributed by atoms with Gasteiger partial charge in [0.15, 0.2) is 0 Å². The third-order valence-corrected chi connectivity index (χ3v) is 3.29. The van der Waals surface area contributed by atoms with Crippen LogP contribution < -0.4 is 4.90 Å². The number of ether oxygens (including phenoxy) is 1. The summed E-state index contributed by atoms with van der Waals surface area (Å²) in [6, 6.07) is 2.03. The van der Waals surface area contributed by atoms with Crippen molar-refractivity contribution < 1.29 is 9.53 Å². The van der Waals surface area contributed by atoms with Gasteiger partial charge in [0.1, 0.15) is 11.4 Å². The molecule has 1 aliphatic rings. The van der Waals surface area contributed by atoms with Gasteiger partial charge >= 0.3 is 6.09 Å². The van der Waals surface area contributed by atoms with Crippen LogP contribution in [0.5, 0.6) is 0 Å². The molecule has 0 fully saturated rings. The van der Waals surface area contributed by atoms with Crippen molar-refractivity contribution in [2.75, 3.05) is 11.4 Å². The number of rotatable bonds is 0. The van der Waals surface area contributed by atoms with Crippen LogP contribution in [0, 0.1) is 0 Å². The second-order valence-electron chi connectivity index (χ2n) is 5.73. The third-order valence-electron chi connectivity index (χ3n) is 2.86. The zero-order valence-corrected chi connectivity index (χ0v) is 13.2. The van der Waals surface area contributed by atoms with Gasteiger partial charge in [0.05, 0.1) is 0 Å². The van der Waals surface area contributed by atoms with E-state index in [2.05, 4.69) is 20.9 Å². The van der Waals surface area contributed by atoms with Crippen molar-refractivity contribution in [3.63, 3.8) is 0 Å². The number of carbonyl (C=O) groups excluding carboxylic acids is 1. The second-order valence-corrected chi connectivity index (χ2v) is 6.64. The highest BCUT2D eigenvalue weighted by molar-refractivity contribution is 9.10. The number of pyridine rings is 1. The van der Waals surface area contributed by atoms with Crippen LogP contribution in [0.15, 0.2) is 16.7 Å². The van der Waals surface area contributed by atoms with Crippen LogP contribution >= 0.6 is 15.9 Å². The molecule has 0 aromatic carbocycles. The number of halogens is 1. The van der Waals surface area contributed by atoms with Gasteiger partial charge in [0.2, 0.25) is 0 Å². The average Bonchev–Trinajstić information content (AvgIpc) is 2.48. The molecule has 0 unspecified atom stereocenters. The molecule has 0 N–H and O–H groups in total. The number of hydrogen-bond acceptors (Lipinski definition) is 3. The standard InChI is InChI=1S/C14H19BrN2O2/c1-14(2,3)19-13(18)17-7-5-4-6-10-8-11(15)9-16-12(10)17/h8-9H,4-7H2,1-3H3. The van der Waals surface area contributed by atoms with E-state index in [0.29, 0.717) is 6.54 Å². The van der Waals surface area contributed by atoms with Gasteiger partial charge in [0.25, 0.3) is 0 Å². The van der Waals surface area contributed by atoms with Crippen molar-refractivity contribution >= 4 is 27.8 Å². The molecule has 104 valence electrons. The maximum atomic E-state index is 12.3. The third kappa shape index (κ3) is 3.69. The van der Waals surface area contributed by atoms with E-state index in [1.807, 2.05) is 26.8 Å². The number of aryl methyl sites for hydroxylation is 1. The minimum atomic E-state index is -0.487. The van der Waals surface area contributed by atoms with Crippen molar-refractivity contribution in [2.24, 2.45) is 0 Å². The minimum absolute atomic E-state index is 0.314. The number of aromatic nitrogens is 1. The lowest BCUT2D eigenvalue weighted by molar-refractivity contribution is 0.0579. The van der Waals surface area contributed by atoms with Gasteiger partial charge in [-0.15, -0.1) is 0 Å². The Kier molecular flexibility index (Phi) is 4.13. The molecule has 0 radical (unpaired) electrons. The smallest absolute Gasteiger partial charge is 0.416 e. The van der Waals surface area contributed by atoms with Gasteiger partial charge in [-0.3, -0.25) is 4.90 Å².